The number of carbonyl (C=O) groups is 2. The van der Waals surface area contributed by atoms with Crippen LogP contribution in [0.5, 0.6) is 5.75 Å². The van der Waals surface area contributed by atoms with E-state index in [-0.39, 0.29) is 18.4 Å². The third kappa shape index (κ3) is 6.39. The lowest BCUT2D eigenvalue weighted by molar-refractivity contribution is -0.123. The molecule has 0 aliphatic carbocycles. The first-order valence-electron chi connectivity index (χ1n) is 9.87. The van der Waals surface area contributed by atoms with Gasteiger partial charge in [-0.1, -0.05) is 58.5 Å². The Labute approximate surface area is 242 Å². The van der Waals surface area contributed by atoms with Crippen LogP contribution in [-0.2, 0) is 17.9 Å². The summed E-state index contributed by atoms with van der Waals surface area (Å²) in [7, 11) is 0. The summed E-state index contributed by atoms with van der Waals surface area (Å²) < 4.78 is 7.27. The summed E-state index contributed by atoms with van der Waals surface area (Å²) in [5.41, 5.74) is 2.12. The van der Waals surface area contributed by atoms with Crippen LogP contribution in [-0.4, -0.2) is 16.0 Å². The predicted molar refractivity (Wildman–Crippen MR) is 151 cm³/mol. The number of rotatable bonds is 6. The second-order valence-corrected chi connectivity index (χ2v) is 11.7. The molecule has 0 radical (unpaired) electrons. The van der Waals surface area contributed by atoms with Gasteiger partial charge in [-0.3, -0.25) is 14.5 Å². The van der Waals surface area contributed by atoms with E-state index in [2.05, 4.69) is 31.9 Å². The predicted octanol–water partition coefficient (Wildman–Crippen LogP) is 9.64. The molecule has 11 heteroatoms. The average Bonchev–Trinajstić information content (AvgIpc) is 3.03. The molecule has 1 aliphatic rings. The van der Waals surface area contributed by atoms with Gasteiger partial charge in [-0.25, -0.2) is 0 Å². The van der Waals surface area contributed by atoms with Crippen LogP contribution < -0.4 is 4.74 Å². The van der Waals surface area contributed by atoms with E-state index in [4.69, 9.17) is 51.1 Å². The molecule has 0 spiro atoms. The van der Waals surface area contributed by atoms with Crippen LogP contribution in [0.15, 0.2) is 62.4 Å². The topological polar surface area (TPSA) is 46.6 Å². The summed E-state index contributed by atoms with van der Waals surface area (Å²) in [5.74, 6) is 0.176. The van der Waals surface area contributed by atoms with E-state index in [1.54, 1.807) is 54.6 Å². The Balaban J connectivity index is 1.51. The lowest BCUT2D eigenvalue weighted by Crippen LogP contribution is -2.27. The maximum atomic E-state index is 12.9. The minimum absolute atomic E-state index is 0.0609. The Hall–Kier alpha value is -1.19. The molecule has 0 bridgehead atoms. The standard InChI is InChI=1S/C24H13Br2Cl4NO3S/c25-17-5-12(6-18(26)22(17)34-11-14-2-4-16(28)9-20(14)30)7-21-23(32)31(24(33)35-21)10-13-1-3-15(27)8-19(13)29/h1-9H,10-11H2/b21-7+. The van der Waals surface area contributed by atoms with Crippen molar-refractivity contribution < 1.29 is 14.3 Å². The molecule has 0 N–H and O–H groups in total. The first-order chi connectivity index (χ1) is 16.6. The second kappa shape index (κ2) is 11.5. The SMILES string of the molecule is O=C1S/C(=C/c2cc(Br)c(OCc3ccc(Cl)cc3Cl)c(Br)c2)C(=O)N1Cc1ccc(Cl)cc1Cl. The molecule has 3 aromatic carbocycles. The van der Waals surface area contributed by atoms with Gasteiger partial charge in [0.2, 0.25) is 0 Å². The number of benzene rings is 3. The van der Waals surface area contributed by atoms with Crippen molar-refractivity contribution >= 4 is 107 Å². The molecule has 1 saturated heterocycles. The fourth-order valence-corrected chi connectivity index (χ4v) is 6.42. The van der Waals surface area contributed by atoms with Gasteiger partial charge in [0.1, 0.15) is 12.4 Å². The highest BCUT2D eigenvalue weighted by molar-refractivity contribution is 9.11. The van der Waals surface area contributed by atoms with Gasteiger partial charge < -0.3 is 4.74 Å². The summed E-state index contributed by atoms with van der Waals surface area (Å²) in [6.45, 7) is 0.296. The van der Waals surface area contributed by atoms with Gasteiger partial charge in [0.25, 0.3) is 11.1 Å². The Bertz CT molecular complexity index is 1360. The highest BCUT2D eigenvalue weighted by Gasteiger charge is 2.35. The number of nitrogens with zero attached hydrogens (tertiary/aromatic N) is 1. The average molecular weight is 697 g/mol. The van der Waals surface area contributed by atoms with Crippen LogP contribution in [0.4, 0.5) is 4.79 Å². The van der Waals surface area contributed by atoms with Crippen LogP contribution in [0.3, 0.4) is 0 Å². The smallest absolute Gasteiger partial charge is 0.293 e. The number of hydrogen-bond acceptors (Lipinski definition) is 4. The maximum absolute atomic E-state index is 12.9. The number of hydrogen-bond donors (Lipinski definition) is 0. The lowest BCUT2D eigenvalue weighted by Gasteiger charge is -2.14. The zero-order valence-corrected chi connectivity index (χ0v) is 24.5. The molecule has 0 aromatic heterocycles. The molecule has 3 aromatic rings. The quantitative estimate of drug-likeness (QED) is 0.241. The Morgan fingerprint density at radius 2 is 1.43 bits per heavy atom. The van der Waals surface area contributed by atoms with Gasteiger partial charge in [0, 0.05) is 25.7 Å². The highest BCUT2D eigenvalue weighted by Crippen LogP contribution is 2.39. The molecule has 2 amide bonds. The molecule has 1 aliphatic heterocycles. The van der Waals surface area contributed by atoms with Crippen LogP contribution >= 0.6 is 90.0 Å². The zero-order chi connectivity index (χ0) is 25.3. The van der Waals surface area contributed by atoms with Crippen molar-refractivity contribution in [1.29, 1.82) is 0 Å². The summed E-state index contributed by atoms with van der Waals surface area (Å²) in [6, 6.07) is 13.7. The van der Waals surface area contributed by atoms with Crippen molar-refractivity contribution in [2.45, 2.75) is 13.2 Å². The number of carbonyl (C=O) groups excluding carboxylic acids is 2. The van der Waals surface area contributed by atoms with E-state index in [0.717, 1.165) is 22.2 Å². The molecule has 1 heterocycles. The Kier molecular flexibility index (Phi) is 8.80. The number of thioether (sulfide) groups is 1. The van der Waals surface area contributed by atoms with Crippen molar-refractivity contribution in [3.63, 3.8) is 0 Å². The molecular weight excluding hydrogens is 684 g/mol. The molecular formula is C24H13Br2Cl4NO3S. The lowest BCUT2D eigenvalue weighted by atomic mass is 10.2. The van der Waals surface area contributed by atoms with Crippen molar-refractivity contribution in [2.75, 3.05) is 0 Å². The molecule has 4 rings (SSSR count). The van der Waals surface area contributed by atoms with Gasteiger partial charge in [-0.15, -0.1) is 0 Å². The van der Waals surface area contributed by atoms with Crippen LogP contribution in [0.1, 0.15) is 16.7 Å². The van der Waals surface area contributed by atoms with Gasteiger partial charge in [-0.2, -0.15) is 0 Å². The fraction of sp³-hybridized carbons (Fsp3) is 0.0833. The summed E-state index contributed by atoms with van der Waals surface area (Å²) in [5, 5.41) is 1.56. The second-order valence-electron chi connectivity index (χ2n) is 7.34. The summed E-state index contributed by atoms with van der Waals surface area (Å²) in [6.07, 6.45) is 1.66. The van der Waals surface area contributed by atoms with E-state index < -0.39 is 5.91 Å². The highest BCUT2D eigenvalue weighted by atomic mass is 79.9. The van der Waals surface area contributed by atoms with Crippen LogP contribution in [0.25, 0.3) is 6.08 Å². The molecule has 4 nitrogen and oxygen atoms in total. The van der Waals surface area contributed by atoms with Crippen LogP contribution in [0.2, 0.25) is 20.1 Å². The summed E-state index contributed by atoms with van der Waals surface area (Å²) in [4.78, 5) is 26.9. The Morgan fingerprint density at radius 1 is 0.857 bits per heavy atom. The van der Waals surface area contributed by atoms with Gasteiger partial charge >= 0.3 is 0 Å². The van der Waals surface area contributed by atoms with E-state index >= 15 is 0 Å². The minimum Gasteiger partial charge on any atom is -0.486 e. The normalized spacial score (nSPS) is 14.8. The van der Waals surface area contributed by atoms with Crippen LogP contribution in [0, 0.1) is 0 Å². The molecule has 0 unspecified atom stereocenters. The van der Waals surface area contributed by atoms with E-state index in [0.29, 0.717) is 50.8 Å². The van der Waals surface area contributed by atoms with E-state index in [1.807, 2.05) is 0 Å². The van der Waals surface area contributed by atoms with Gasteiger partial charge in [-0.05, 0) is 97.2 Å². The third-order valence-electron chi connectivity index (χ3n) is 4.92. The number of ether oxygens (including phenoxy) is 1. The monoisotopic (exact) mass is 693 g/mol. The summed E-state index contributed by atoms with van der Waals surface area (Å²) >= 11 is 32.2. The van der Waals surface area contributed by atoms with E-state index in [1.165, 1.54) is 0 Å². The molecule has 35 heavy (non-hydrogen) atoms. The molecule has 1 fully saturated rings. The van der Waals surface area contributed by atoms with Crippen molar-refractivity contribution in [2.24, 2.45) is 0 Å². The number of halogens is 6. The van der Waals surface area contributed by atoms with E-state index in [9.17, 15) is 9.59 Å². The Morgan fingerprint density at radius 3 is 2.00 bits per heavy atom. The maximum Gasteiger partial charge on any atom is 0.293 e. The first-order valence-corrected chi connectivity index (χ1v) is 13.8. The van der Waals surface area contributed by atoms with Gasteiger partial charge in [0.15, 0.2) is 0 Å². The van der Waals surface area contributed by atoms with Crippen molar-refractivity contribution in [3.05, 3.63) is 99.2 Å². The number of amides is 2. The third-order valence-corrected chi connectivity index (χ3v) is 8.18. The van der Waals surface area contributed by atoms with Gasteiger partial charge in [0.05, 0.1) is 20.4 Å². The molecule has 0 saturated carbocycles. The number of imide groups is 1. The molecule has 180 valence electrons. The fourth-order valence-electron chi connectivity index (χ4n) is 3.20. The minimum atomic E-state index is -0.393. The van der Waals surface area contributed by atoms with Crippen molar-refractivity contribution in [1.82, 2.24) is 4.90 Å². The first kappa shape index (κ1) is 26.9. The zero-order valence-electron chi connectivity index (χ0n) is 17.5. The van der Waals surface area contributed by atoms with Crippen molar-refractivity contribution in [3.8, 4) is 5.75 Å². The molecule has 0 atom stereocenters. The largest absolute Gasteiger partial charge is 0.486 e.